The first kappa shape index (κ1) is 17.7. The summed E-state index contributed by atoms with van der Waals surface area (Å²) >= 11 is 1.65. The van der Waals surface area contributed by atoms with Gasteiger partial charge in [-0.3, -0.25) is 4.79 Å². The normalized spacial score (nSPS) is 16.8. The van der Waals surface area contributed by atoms with Gasteiger partial charge < -0.3 is 15.0 Å². The Bertz CT molecular complexity index is 658. The second-order valence-electron chi connectivity index (χ2n) is 6.24. The Morgan fingerprint density at radius 3 is 2.96 bits per heavy atom. The maximum Gasteiger partial charge on any atom is 0.251 e. The molecule has 1 amide bonds. The van der Waals surface area contributed by atoms with Crippen LogP contribution in [0.15, 0.2) is 35.8 Å². The molecule has 2 heterocycles. The molecule has 1 aromatic carbocycles. The fourth-order valence-corrected chi connectivity index (χ4v) is 3.75. The highest BCUT2D eigenvalue weighted by Gasteiger charge is 2.26. The number of rotatable bonds is 8. The molecule has 0 aliphatic carbocycles. The molecule has 0 radical (unpaired) electrons. The molecular weight excluding hydrogens is 334 g/mol. The number of amides is 1. The van der Waals surface area contributed by atoms with Crippen LogP contribution in [-0.4, -0.2) is 36.6 Å². The molecule has 1 aromatic heterocycles. The van der Waals surface area contributed by atoms with E-state index in [0.29, 0.717) is 18.2 Å². The number of carbonyl (C=O) groups is 1. The number of nitrogens with one attached hydrogen (secondary N) is 1. The van der Waals surface area contributed by atoms with Crippen LogP contribution >= 0.6 is 11.3 Å². The summed E-state index contributed by atoms with van der Waals surface area (Å²) in [5.74, 6) is 0.779. The summed E-state index contributed by atoms with van der Waals surface area (Å²) in [5, 5.41) is 6.10. The van der Waals surface area contributed by atoms with Gasteiger partial charge >= 0.3 is 0 Å². The van der Waals surface area contributed by atoms with Crippen molar-refractivity contribution in [1.29, 1.82) is 0 Å². The van der Waals surface area contributed by atoms with E-state index in [9.17, 15) is 4.79 Å². The summed E-state index contributed by atoms with van der Waals surface area (Å²) in [4.78, 5) is 19.1. The van der Waals surface area contributed by atoms with E-state index < -0.39 is 0 Å². The zero-order valence-corrected chi connectivity index (χ0v) is 15.4. The number of anilines is 1. The second-order valence-corrected chi connectivity index (χ2v) is 7.11. The van der Waals surface area contributed by atoms with E-state index in [1.807, 2.05) is 35.8 Å². The van der Waals surface area contributed by atoms with E-state index in [4.69, 9.17) is 4.74 Å². The third-order valence-corrected chi connectivity index (χ3v) is 5.23. The molecule has 0 spiro atoms. The van der Waals surface area contributed by atoms with Crippen LogP contribution in [0.25, 0.3) is 0 Å². The molecule has 134 valence electrons. The Morgan fingerprint density at radius 1 is 1.40 bits per heavy atom. The summed E-state index contributed by atoms with van der Waals surface area (Å²) in [6.07, 6.45) is 6.21. The number of nitrogens with zero attached hydrogens (tertiary/aromatic N) is 2. The fraction of sp³-hybridized carbons (Fsp3) is 0.474. The van der Waals surface area contributed by atoms with Crippen LogP contribution in [0.5, 0.6) is 5.75 Å². The van der Waals surface area contributed by atoms with Gasteiger partial charge in [0.25, 0.3) is 5.91 Å². The number of aromatic nitrogens is 1. The lowest BCUT2D eigenvalue weighted by Crippen LogP contribution is -2.40. The highest BCUT2D eigenvalue weighted by Crippen LogP contribution is 2.26. The highest BCUT2D eigenvalue weighted by molar-refractivity contribution is 7.13. The number of hydrogen-bond acceptors (Lipinski definition) is 5. The standard InChI is InChI=1S/C19H25N3O2S/c1-2-3-12-24-17-8-6-15(7-9-17)18(23)21-14-16-5-4-11-22(16)19-20-10-13-25-19/h6-10,13,16H,2-5,11-12,14H2,1H3,(H,21,23). The zero-order valence-electron chi connectivity index (χ0n) is 14.6. The molecule has 1 unspecified atom stereocenters. The quantitative estimate of drug-likeness (QED) is 0.730. The smallest absolute Gasteiger partial charge is 0.251 e. The molecule has 1 N–H and O–H groups in total. The molecule has 0 bridgehead atoms. The van der Waals surface area contributed by atoms with Crippen LogP contribution in [0.1, 0.15) is 43.0 Å². The van der Waals surface area contributed by atoms with Crippen molar-refractivity contribution in [3.8, 4) is 5.75 Å². The van der Waals surface area contributed by atoms with Crippen molar-refractivity contribution in [3.63, 3.8) is 0 Å². The van der Waals surface area contributed by atoms with Crippen LogP contribution in [0.2, 0.25) is 0 Å². The van der Waals surface area contributed by atoms with Crippen LogP contribution in [0.4, 0.5) is 5.13 Å². The van der Waals surface area contributed by atoms with E-state index in [-0.39, 0.29) is 5.91 Å². The molecule has 5 nitrogen and oxygen atoms in total. The lowest BCUT2D eigenvalue weighted by atomic mass is 10.2. The molecule has 25 heavy (non-hydrogen) atoms. The molecule has 3 rings (SSSR count). The largest absolute Gasteiger partial charge is 0.494 e. The van der Waals surface area contributed by atoms with E-state index in [2.05, 4.69) is 22.1 Å². The topological polar surface area (TPSA) is 54.5 Å². The molecule has 1 aliphatic rings. The van der Waals surface area contributed by atoms with Gasteiger partial charge in [-0.2, -0.15) is 0 Å². The number of unbranched alkanes of at least 4 members (excludes halogenated alkanes) is 1. The van der Waals surface area contributed by atoms with Crippen molar-refractivity contribution in [3.05, 3.63) is 41.4 Å². The van der Waals surface area contributed by atoms with Crippen molar-refractivity contribution in [2.45, 2.75) is 38.6 Å². The second kappa shape index (κ2) is 8.85. The average molecular weight is 359 g/mol. The molecule has 1 atom stereocenters. The van der Waals surface area contributed by atoms with E-state index in [1.165, 1.54) is 0 Å². The summed E-state index contributed by atoms with van der Waals surface area (Å²) < 4.78 is 5.63. The monoisotopic (exact) mass is 359 g/mol. The first-order chi connectivity index (χ1) is 12.3. The minimum Gasteiger partial charge on any atom is -0.494 e. The lowest BCUT2D eigenvalue weighted by Gasteiger charge is -2.24. The van der Waals surface area contributed by atoms with Gasteiger partial charge in [-0.15, -0.1) is 11.3 Å². The fourth-order valence-electron chi connectivity index (χ4n) is 3.01. The Balaban J connectivity index is 1.50. The Morgan fingerprint density at radius 2 is 2.24 bits per heavy atom. The molecule has 0 saturated carbocycles. The number of thiazole rings is 1. The summed E-state index contributed by atoms with van der Waals surface area (Å²) in [6, 6.07) is 7.70. The maximum atomic E-state index is 12.4. The van der Waals surface area contributed by atoms with Crippen LogP contribution in [0.3, 0.4) is 0 Å². The Hall–Kier alpha value is -2.08. The number of benzene rings is 1. The molecule has 6 heteroatoms. The van der Waals surface area contributed by atoms with Crippen molar-refractivity contribution in [1.82, 2.24) is 10.3 Å². The van der Waals surface area contributed by atoms with Gasteiger partial charge in [0.15, 0.2) is 5.13 Å². The number of ether oxygens (including phenoxy) is 1. The zero-order chi connectivity index (χ0) is 17.5. The minimum absolute atomic E-state index is 0.0360. The van der Waals surface area contributed by atoms with Crippen molar-refractivity contribution < 1.29 is 9.53 Å². The third-order valence-electron chi connectivity index (χ3n) is 4.42. The van der Waals surface area contributed by atoms with Gasteiger partial charge in [-0.1, -0.05) is 13.3 Å². The Labute approximate surface area is 153 Å². The molecule has 1 saturated heterocycles. The average Bonchev–Trinajstić information content (AvgIpc) is 3.31. The number of carbonyl (C=O) groups excluding carboxylic acids is 1. The van der Waals surface area contributed by atoms with Gasteiger partial charge in [0.1, 0.15) is 5.75 Å². The maximum absolute atomic E-state index is 12.4. The van der Waals surface area contributed by atoms with Gasteiger partial charge in [-0.05, 0) is 43.5 Å². The molecule has 2 aromatic rings. The first-order valence-corrected chi connectivity index (χ1v) is 9.83. The molecular formula is C19H25N3O2S. The number of hydrogen-bond donors (Lipinski definition) is 1. The summed E-state index contributed by atoms with van der Waals surface area (Å²) in [7, 11) is 0. The van der Waals surface area contributed by atoms with Crippen LogP contribution in [-0.2, 0) is 0 Å². The predicted octanol–water partition coefficient (Wildman–Crippen LogP) is 3.72. The lowest BCUT2D eigenvalue weighted by molar-refractivity contribution is 0.0951. The van der Waals surface area contributed by atoms with Gasteiger partial charge in [0, 0.05) is 36.3 Å². The van der Waals surface area contributed by atoms with Gasteiger partial charge in [0.2, 0.25) is 0 Å². The highest BCUT2D eigenvalue weighted by atomic mass is 32.1. The third kappa shape index (κ3) is 4.72. The van der Waals surface area contributed by atoms with Crippen molar-refractivity contribution in [2.24, 2.45) is 0 Å². The summed E-state index contributed by atoms with van der Waals surface area (Å²) in [6.45, 7) is 4.51. The Kier molecular flexibility index (Phi) is 6.28. The van der Waals surface area contributed by atoms with Crippen molar-refractivity contribution in [2.75, 3.05) is 24.6 Å². The van der Waals surface area contributed by atoms with Crippen LogP contribution in [0, 0.1) is 0 Å². The first-order valence-electron chi connectivity index (χ1n) is 8.95. The van der Waals surface area contributed by atoms with E-state index in [0.717, 1.165) is 49.7 Å². The SMILES string of the molecule is CCCCOc1ccc(C(=O)NCC2CCCN2c2nccs2)cc1. The van der Waals surface area contributed by atoms with E-state index in [1.54, 1.807) is 11.3 Å². The van der Waals surface area contributed by atoms with Gasteiger partial charge in [0.05, 0.1) is 6.61 Å². The van der Waals surface area contributed by atoms with E-state index >= 15 is 0 Å². The molecule has 1 aliphatic heterocycles. The van der Waals surface area contributed by atoms with Gasteiger partial charge in [-0.25, -0.2) is 4.98 Å². The molecule has 1 fully saturated rings. The van der Waals surface area contributed by atoms with Crippen molar-refractivity contribution >= 4 is 22.4 Å². The summed E-state index contributed by atoms with van der Waals surface area (Å²) in [5.41, 5.74) is 0.668. The van der Waals surface area contributed by atoms with Crippen LogP contribution < -0.4 is 15.0 Å². The minimum atomic E-state index is -0.0360. The predicted molar refractivity (Wildman–Crippen MR) is 102 cm³/mol.